The molecule has 3 unspecified atom stereocenters. The highest BCUT2D eigenvalue weighted by Crippen LogP contribution is 2.82. The van der Waals surface area contributed by atoms with Crippen LogP contribution in [0.15, 0.2) is 12.1 Å². The van der Waals surface area contributed by atoms with Crippen LogP contribution >= 0.6 is 0 Å². The van der Waals surface area contributed by atoms with Gasteiger partial charge in [-0.3, -0.25) is 0 Å². The van der Waals surface area contributed by atoms with E-state index in [1.54, 1.807) is 7.11 Å². The van der Waals surface area contributed by atoms with Gasteiger partial charge in [-0.25, -0.2) is 4.79 Å². The maximum absolute atomic E-state index is 13.5. The Bertz CT molecular complexity index is 1080. The van der Waals surface area contributed by atoms with Gasteiger partial charge in [0.1, 0.15) is 16.9 Å². The predicted molar refractivity (Wildman–Crippen MR) is 138 cm³/mol. The SMILES string of the molecule is COc1c(C[C@@H](C)B2OC3CC4C5C[C@@H]([C@]45C)[C@]3(C)O2)ccc(C2OCCCO2)c1C(=O)OC(C)(C)C. The van der Waals surface area contributed by atoms with Gasteiger partial charge in [0, 0.05) is 5.56 Å². The summed E-state index contributed by atoms with van der Waals surface area (Å²) < 4.78 is 36.7. The molecule has 3 saturated carbocycles. The molecule has 7 atom stereocenters. The number of hydrogen-bond acceptors (Lipinski definition) is 7. The maximum Gasteiger partial charge on any atom is 0.461 e. The molecule has 3 aliphatic carbocycles. The van der Waals surface area contributed by atoms with E-state index in [2.05, 4.69) is 20.8 Å². The first-order chi connectivity index (χ1) is 17.5. The minimum absolute atomic E-state index is 0.0795. The Hall–Kier alpha value is -1.61. The van der Waals surface area contributed by atoms with E-state index in [0.717, 1.165) is 30.2 Å². The molecule has 0 bridgehead atoms. The number of methoxy groups -OCH3 is 1. The predicted octanol–water partition coefficient (Wildman–Crippen LogP) is 5.36. The molecule has 0 spiro atoms. The van der Waals surface area contributed by atoms with Crippen molar-refractivity contribution < 1.29 is 33.1 Å². The van der Waals surface area contributed by atoms with E-state index in [0.29, 0.717) is 47.8 Å². The van der Waals surface area contributed by atoms with Gasteiger partial charge in [-0.1, -0.05) is 26.0 Å². The number of ether oxygens (including phenoxy) is 4. The fourth-order valence-corrected chi connectivity index (χ4v) is 7.88. The van der Waals surface area contributed by atoms with Crippen LogP contribution in [0.1, 0.15) is 88.6 Å². The second-order valence-corrected chi connectivity index (χ2v) is 13.2. The van der Waals surface area contributed by atoms with Crippen LogP contribution in [-0.4, -0.2) is 50.7 Å². The number of benzene rings is 1. The summed E-state index contributed by atoms with van der Waals surface area (Å²) in [5.74, 6) is 2.43. The quantitative estimate of drug-likeness (QED) is 0.376. The first-order valence-corrected chi connectivity index (χ1v) is 14.0. The fourth-order valence-electron chi connectivity index (χ4n) is 7.88. The Balaban J connectivity index is 1.26. The summed E-state index contributed by atoms with van der Waals surface area (Å²) in [5.41, 5.74) is 1.55. The second kappa shape index (κ2) is 8.70. The molecule has 1 aromatic rings. The van der Waals surface area contributed by atoms with E-state index < -0.39 is 17.9 Å². The highest BCUT2D eigenvalue weighted by Gasteiger charge is 2.81. The van der Waals surface area contributed by atoms with Crippen LogP contribution in [0.4, 0.5) is 0 Å². The van der Waals surface area contributed by atoms with Crippen LogP contribution in [-0.2, 0) is 29.9 Å². The van der Waals surface area contributed by atoms with E-state index in [1.807, 2.05) is 32.9 Å². The van der Waals surface area contributed by atoms with Crippen molar-refractivity contribution in [2.75, 3.05) is 20.3 Å². The van der Waals surface area contributed by atoms with E-state index in [4.69, 9.17) is 28.3 Å². The van der Waals surface area contributed by atoms with Crippen LogP contribution in [0.25, 0.3) is 0 Å². The molecule has 5 fully saturated rings. The monoisotopic (exact) mass is 512 g/mol. The summed E-state index contributed by atoms with van der Waals surface area (Å²) in [6, 6.07) is 3.93. The lowest BCUT2D eigenvalue weighted by Gasteiger charge is -2.49. The Morgan fingerprint density at radius 1 is 1.16 bits per heavy atom. The average molecular weight is 512 g/mol. The standard InChI is InChI=1S/C29H41BO7/c1-16(30-36-22-15-20-19-14-21(28(19,20)5)29(22,6)37-30)13-17-9-10-18(26-33-11-8-12-34-26)23(24(17)32-7)25(31)35-27(2,3)4/h9-10,16,19-22,26H,8,11-15H2,1-7H3/t16-,19?,20?,21+,22?,28+,29+/m1/s1. The average Bonchev–Trinajstić information content (AvgIpc) is 3.14. The third-order valence-corrected chi connectivity index (χ3v) is 9.85. The van der Waals surface area contributed by atoms with Crippen LogP contribution in [0, 0.1) is 23.2 Å². The van der Waals surface area contributed by atoms with Crippen LogP contribution in [0.2, 0.25) is 5.82 Å². The molecule has 6 rings (SSSR count). The first-order valence-electron chi connectivity index (χ1n) is 14.0. The Morgan fingerprint density at radius 3 is 2.54 bits per heavy atom. The van der Waals surface area contributed by atoms with Crippen molar-refractivity contribution in [3.63, 3.8) is 0 Å². The van der Waals surface area contributed by atoms with Crippen molar-refractivity contribution in [2.24, 2.45) is 23.2 Å². The van der Waals surface area contributed by atoms with Crippen molar-refractivity contribution in [1.29, 1.82) is 0 Å². The van der Waals surface area contributed by atoms with Crippen LogP contribution in [0.3, 0.4) is 0 Å². The van der Waals surface area contributed by atoms with Gasteiger partial charge < -0.3 is 28.3 Å². The maximum atomic E-state index is 13.5. The Kier molecular flexibility index (Phi) is 6.03. The molecule has 0 N–H and O–H groups in total. The van der Waals surface area contributed by atoms with Crippen molar-refractivity contribution in [1.82, 2.24) is 0 Å². The smallest absolute Gasteiger partial charge is 0.461 e. The molecular formula is C29H41BO7. The number of esters is 1. The molecule has 8 heteroatoms. The van der Waals surface area contributed by atoms with Gasteiger partial charge in [0.15, 0.2) is 6.29 Å². The van der Waals surface area contributed by atoms with Crippen molar-refractivity contribution in [3.8, 4) is 5.75 Å². The van der Waals surface area contributed by atoms with Gasteiger partial charge >= 0.3 is 13.1 Å². The van der Waals surface area contributed by atoms with Gasteiger partial charge in [-0.15, -0.1) is 0 Å². The molecule has 2 heterocycles. The second-order valence-electron chi connectivity index (χ2n) is 13.2. The van der Waals surface area contributed by atoms with Crippen LogP contribution < -0.4 is 4.74 Å². The summed E-state index contributed by atoms with van der Waals surface area (Å²) in [4.78, 5) is 13.5. The zero-order chi connectivity index (χ0) is 26.3. The fraction of sp³-hybridized carbons (Fsp3) is 0.759. The van der Waals surface area contributed by atoms with Crippen molar-refractivity contribution in [3.05, 3.63) is 28.8 Å². The lowest BCUT2D eigenvalue weighted by Crippen LogP contribution is -2.53. The zero-order valence-corrected chi connectivity index (χ0v) is 23.3. The third-order valence-electron chi connectivity index (χ3n) is 9.85. The third kappa shape index (κ3) is 3.97. The first kappa shape index (κ1) is 25.7. The Morgan fingerprint density at radius 2 is 1.86 bits per heavy atom. The van der Waals surface area contributed by atoms with Gasteiger partial charge in [-0.2, -0.15) is 0 Å². The van der Waals surface area contributed by atoms with Crippen molar-refractivity contribution >= 4 is 13.1 Å². The molecule has 0 radical (unpaired) electrons. The lowest BCUT2D eigenvalue weighted by molar-refractivity contribution is -0.183. The number of carbonyl (C=O) groups excluding carboxylic acids is 1. The zero-order valence-electron chi connectivity index (χ0n) is 23.3. The Labute approximate surface area is 221 Å². The van der Waals surface area contributed by atoms with Gasteiger partial charge in [0.2, 0.25) is 0 Å². The molecule has 2 aliphatic heterocycles. The number of rotatable bonds is 6. The summed E-state index contributed by atoms with van der Waals surface area (Å²) in [6.45, 7) is 13.6. The van der Waals surface area contributed by atoms with Crippen LogP contribution in [0.5, 0.6) is 5.75 Å². The molecule has 7 nitrogen and oxygen atoms in total. The summed E-state index contributed by atoms with van der Waals surface area (Å²) in [7, 11) is 1.32. The van der Waals surface area contributed by atoms with Crippen molar-refractivity contribution in [2.45, 2.75) is 96.6 Å². The van der Waals surface area contributed by atoms with E-state index in [9.17, 15) is 4.79 Å². The largest absolute Gasteiger partial charge is 0.496 e. The summed E-state index contributed by atoms with van der Waals surface area (Å²) in [6.07, 6.45) is 3.40. The highest BCUT2D eigenvalue weighted by atomic mass is 16.7. The molecule has 0 aromatic heterocycles. The number of hydrogen-bond donors (Lipinski definition) is 0. The number of carbonyl (C=O) groups is 1. The van der Waals surface area contributed by atoms with E-state index >= 15 is 0 Å². The summed E-state index contributed by atoms with van der Waals surface area (Å²) >= 11 is 0. The minimum Gasteiger partial charge on any atom is -0.496 e. The molecule has 5 aliphatic rings. The van der Waals surface area contributed by atoms with E-state index in [-0.39, 0.29) is 24.6 Å². The topological polar surface area (TPSA) is 72.5 Å². The number of fused-ring (bicyclic) bond motifs is 3. The van der Waals surface area contributed by atoms with Gasteiger partial charge in [0.25, 0.3) is 0 Å². The molecule has 1 aromatic carbocycles. The minimum atomic E-state index is -0.647. The van der Waals surface area contributed by atoms with E-state index in [1.165, 1.54) is 6.42 Å². The molecule has 0 amide bonds. The van der Waals surface area contributed by atoms with Gasteiger partial charge in [-0.05, 0) is 87.9 Å². The molecule has 37 heavy (non-hydrogen) atoms. The molecule has 202 valence electrons. The summed E-state index contributed by atoms with van der Waals surface area (Å²) in [5, 5.41) is 0. The highest BCUT2D eigenvalue weighted by molar-refractivity contribution is 6.47. The molecular weight excluding hydrogens is 471 g/mol. The van der Waals surface area contributed by atoms with Gasteiger partial charge in [0.05, 0.1) is 32.0 Å². The normalized spacial score (nSPS) is 37.3. The molecule has 2 saturated heterocycles. The lowest BCUT2D eigenvalue weighted by atomic mass is 9.61.